The SMILES string of the molecule is CC1CCCCC1[Se]c1ccccc1. The maximum atomic E-state index is 2.44. The van der Waals surface area contributed by atoms with Crippen LogP contribution in [0.25, 0.3) is 0 Å². The van der Waals surface area contributed by atoms with Gasteiger partial charge in [-0.05, 0) is 0 Å². The zero-order chi connectivity index (χ0) is 9.80. The van der Waals surface area contributed by atoms with E-state index >= 15 is 0 Å². The first kappa shape index (κ1) is 10.3. The first-order valence-electron chi connectivity index (χ1n) is 5.58. The molecule has 0 amide bonds. The molecule has 2 atom stereocenters. The van der Waals surface area contributed by atoms with Gasteiger partial charge in [-0.1, -0.05) is 0 Å². The van der Waals surface area contributed by atoms with Gasteiger partial charge in [0.25, 0.3) is 0 Å². The zero-order valence-corrected chi connectivity index (χ0v) is 10.5. The molecule has 2 unspecified atom stereocenters. The number of rotatable bonds is 2. The summed E-state index contributed by atoms with van der Waals surface area (Å²) >= 11 is 0.709. The van der Waals surface area contributed by atoms with Crippen molar-refractivity contribution in [2.75, 3.05) is 0 Å². The second-order valence-electron chi connectivity index (χ2n) is 4.23. The Morgan fingerprint density at radius 1 is 1.07 bits per heavy atom. The van der Waals surface area contributed by atoms with Gasteiger partial charge in [0.05, 0.1) is 0 Å². The van der Waals surface area contributed by atoms with Gasteiger partial charge in [-0.3, -0.25) is 0 Å². The van der Waals surface area contributed by atoms with Gasteiger partial charge in [0.1, 0.15) is 0 Å². The molecule has 14 heavy (non-hydrogen) atoms. The van der Waals surface area contributed by atoms with Gasteiger partial charge in [0, 0.05) is 0 Å². The van der Waals surface area contributed by atoms with Crippen molar-refractivity contribution in [1.29, 1.82) is 0 Å². The van der Waals surface area contributed by atoms with Crippen molar-refractivity contribution in [3.63, 3.8) is 0 Å². The Balaban J connectivity index is 1.96. The monoisotopic (exact) mass is 254 g/mol. The van der Waals surface area contributed by atoms with Crippen molar-refractivity contribution in [2.24, 2.45) is 5.92 Å². The summed E-state index contributed by atoms with van der Waals surface area (Å²) in [6.45, 7) is 2.44. The molecule has 1 aliphatic rings. The summed E-state index contributed by atoms with van der Waals surface area (Å²) in [6.07, 6.45) is 5.85. The molecule has 1 saturated carbocycles. The molecule has 76 valence electrons. The predicted molar refractivity (Wildman–Crippen MR) is 63.2 cm³/mol. The minimum atomic E-state index is 0.709. The van der Waals surface area contributed by atoms with Gasteiger partial charge in [0.2, 0.25) is 0 Å². The molecule has 2 rings (SSSR count). The molecular formula is C13H18Se. The summed E-state index contributed by atoms with van der Waals surface area (Å²) in [5.41, 5.74) is 0. The molecule has 1 aromatic carbocycles. The fraction of sp³-hybridized carbons (Fsp3) is 0.538. The molecule has 0 N–H and O–H groups in total. The average Bonchev–Trinajstić information content (AvgIpc) is 2.23. The average molecular weight is 253 g/mol. The van der Waals surface area contributed by atoms with Crippen LogP contribution < -0.4 is 4.46 Å². The van der Waals surface area contributed by atoms with E-state index in [2.05, 4.69) is 37.3 Å². The molecule has 0 radical (unpaired) electrons. The Morgan fingerprint density at radius 3 is 2.50 bits per heavy atom. The second-order valence-corrected chi connectivity index (χ2v) is 6.99. The summed E-state index contributed by atoms with van der Waals surface area (Å²) in [4.78, 5) is 0.999. The van der Waals surface area contributed by atoms with Crippen LogP contribution in [0.4, 0.5) is 0 Å². The molecule has 0 aromatic heterocycles. The summed E-state index contributed by atoms with van der Waals surface area (Å²) in [7, 11) is 0. The van der Waals surface area contributed by atoms with Crippen LogP contribution in [0.5, 0.6) is 0 Å². The first-order chi connectivity index (χ1) is 6.86. The predicted octanol–water partition coefficient (Wildman–Crippen LogP) is 3.01. The van der Waals surface area contributed by atoms with Crippen LogP contribution in [-0.4, -0.2) is 15.0 Å². The van der Waals surface area contributed by atoms with Gasteiger partial charge in [-0.2, -0.15) is 0 Å². The summed E-state index contributed by atoms with van der Waals surface area (Å²) in [5, 5.41) is 0. The van der Waals surface area contributed by atoms with Crippen LogP contribution in [0.1, 0.15) is 32.6 Å². The number of hydrogen-bond donors (Lipinski definition) is 0. The molecule has 1 aromatic rings. The zero-order valence-electron chi connectivity index (χ0n) is 8.78. The van der Waals surface area contributed by atoms with E-state index in [1.165, 1.54) is 25.7 Å². The maximum absolute atomic E-state index is 2.44. The van der Waals surface area contributed by atoms with Crippen molar-refractivity contribution >= 4 is 19.4 Å². The Labute approximate surface area is 93.3 Å². The fourth-order valence-electron chi connectivity index (χ4n) is 2.13. The van der Waals surface area contributed by atoms with Crippen LogP contribution in [0.2, 0.25) is 4.82 Å². The topological polar surface area (TPSA) is 0 Å². The van der Waals surface area contributed by atoms with Gasteiger partial charge >= 0.3 is 93.1 Å². The minimum absolute atomic E-state index is 0.709. The quantitative estimate of drug-likeness (QED) is 0.711. The molecule has 1 heteroatoms. The van der Waals surface area contributed by atoms with E-state index in [4.69, 9.17) is 0 Å². The molecule has 0 heterocycles. The molecule has 1 aliphatic carbocycles. The normalized spacial score (nSPS) is 27.5. The van der Waals surface area contributed by atoms with Crippen LogP contribution in [-0.2, 0) is 0 Å². The fourth-order valence-corrected chi connectivity index (χ4v) is 4.89. The third-order valence-corrected chi connectivity index (χ3v) is 6.31. The molecule has 0 aliphatic heterocycles. The second kappa shape index (κ2) is 5.00. The third-order valence-electron chi connectivity index (χ3n) is 3.06. The third kappa shape index (κ3) is 2.62. The van der Waals surface area contributed by atoms with E-state index < -0.39 is 0 Å². The first-order valence-corrected chi connectivity index (χ1v) is 7.42. The van der Waals surface area contributed by atoms with Gasteiger partial charge in [0.15, 0.2) is 0 Å². The van der Waals surface area contributed by atoms with E-state index in [1.54, 1.807) is 4.46 Å². The molecule has 0 spiro atoms. The van der Waals surface area contributed by atoms with E-state index in [1.807, 2.05) is 0 Å². The molecule has 0 saturated heterocycles. The van der Waals surface area contributed by atoms with Gasteiger partial charge < -0.3 is 0 Å². The van der Waals surface area contributed by atoms with E-state index in [0.717, 1.165) is 10.7 Å². The standard InChI is InChI=1S/C13H18Se/c1-11-7-5-6-10-13(11)14-12-8-3-2-4-9-12/h2-4,8-9,11,13H,5-7,10H2,1H3. The molecule has 0 nitrogen and oxygen atoms in total. The van der Waals surface area contributed by atoms with Gasteiger partial charge in [-0.25, -0.2) is 0 Å². The van der Waals surface area contributed by atoms with Crippen molar-refractivity contribution in [3.8, 4) is 0 Å². The van der Waals surface area contributed by atoms with E-state index in [9.17, 15) is 0 Å². The Bertz CT molecular complexity index is 268. The van der Waals surface area contributed by atoms with Crippen LogP contribution >= 0.6 is 0 Å². The Hall–Kier alpha value is -0.261. The summed E-state index contributed by atoms with van der Waals surface area (Å²) < 4.78 is 1.58. The van der Waals surface area contributed by atoms with Crippen LogP contribution in [0.3, 0.4) is 0 Å². The molecule has 0 bridgehead atoms. The van der Waals surface area contributed by atoms with Crippen LogP contribution in [0, 0.1) is 5.92 Å². The Kier molecular flexibility index (Phi) is 3.67. The molecule has 1 fully saturated rings. The molecular weight excluding hydrogens is 235 g/mol. The van der Waals surface area contributed by atoms with Gasteiger partial charge in [-0.15, -0.1) is 0 Å². The van der Waals surface area contributed by atoms with Crippen molar-refractivity contribution < 1.29 is 0 Å². The van der Waals surface area contributed by atoms with Crippen LogP contribution in [0.15, 0.2) is 30.3 Å². The van der Waals surface area contributed by atoms with Crippen molar-refractivity contribution in [1.82, 2.24) is 0 Å². The van der Waals surface area contributed by atoms with Crippen molar-refractivity contribution in [2.45, 2.75) is 37.4 Å². The number of hydrogen-bond acceptors (Lipinski definition) is 0. The number of benzene rings is 1. The Morgan fingerprint density at radius 2 is 1.79 bits per heavy atom. The van der Waals surface area contributed by atoms with E-state index in [-0.39, 0.29) is 0 Å². The summed E-state index contributed by atoms with van der Waals surface area (Å²) in [6, 6.07) is 11.0. The summed E-state index contributed by atoms with van der Waals surface area (Å²) in [5.74, 6) is 0.962. The van der Waals surface area contributed by atoms with Crippen molar-refractivity contribution in [3.05, 3.63) is 30.3 Å². The van der Waals surface area contributed by atoms with E-state index in [0.29, 0.717) is 15.0 Å².